The number of carbonyl (C=O) groups is 4. The van der Waals surface area contributed by atoms with Gasteiger partial charge in [0.2, 0.25) is 0 Å². The van der Waals surface area contributed by atoms with E-state index in [0.29, 0.717) is 12.8 Å². The second-order valence-electron chi connectivity index (χ2n) is 5.42. The molecule has 4 atom stereocenters. The summed E-state index contributed by atoms with van der Waals surface area (Å²) in [6, 6.07) is 0. The van der Waals surface area contributed by atoms with Crippen LogP contribution in [0.15, 0.2) is 0 Å². The van der Waals surface area contributed by atoms with E-state index in [1.165, 1.54) is 27.7 Å². The van der Waals surface area contributed by atoms with Gasteiger partial charge < -0.3 is 18.9 Å². The van der Waals surface area contributed by atoms with Crippen LogP contribution in [-0.2, 0) is 38.1 Å². The lowest BCUT2D eigenvalue weighted by atomic mass is 10.0. The Kier molecular flexibility index (Phi) is 6.99. The molecular weight excluding hydrogens is 308 g/mol. The molecule has 0 N–H and O–H groups in total. The van der Waals surface area contributed by atoms with Gasteiger partial charge in [-0.3, -0.25) is 19.2 Å². The summed E-state index contributed by atoms with van der Waals surface area (Å²) < 4.78 is 20.5. The standard InChI is InChI=1S/C15H22O8/c1-8(16)20-6-5-12-7-13(21-9(2)17)15(23-11(4)19)14(12)22-10(3)18/h12-15H,5-7H2,1-4H3/t12-,13-,14+,15+/m0/s1. The van der Waals surface area contributed by atoms with Crippen LogP contribution in [0.3, 0.4) is 0 Å². The third kappa shape index (κ3) is 6.25. The molecule has 1 aliphatic rings. The summed E-state index contributed by atoms with van der Waals surface area (Å²) in [6.45, 7) is 5.14. The van der Waals surface area contributed by atoms with Crippen LogP contribution in [0.2, 0.25) is 0 Å². The minimum Gasteiger partial charge on any atom is -0.466 e. The second kappa shape index (κ2) is 8.50. The zero-order valence-corrected chi connectivity index (χ0v) is 13.7. The van der Waals surface area contributed by atoms with Gasteiger partial charge in [0.25, 0.3) is 0 Å². The molecule has 1 saturated carbocycles. The van der Waals surface area contributed by atoms with Gasteiger partial charge in [-0.25, -0.2) is 0 Å². The fraction of sp³-hybridized carbons (Fsp3) is 0.733. The lowest BCUT2D eigenvalue weighted by molar-refractivity contribution is -0.175. The van der Waals surface area contributed by atoms with Gasteiger partial charge in [0.15, 0.2) is 6.10 Å². The third-order valence-corrected chi connectivity index (χ3v) is 3.41. The number of rotatable bonds is 6. The first kappa shape index (κ1) is 18.9. The van der Waals surface area contributed by atoms with Crippen molar-refractivity contribution < 1.29 is 38.1 Å². The molecule has 0 heterocycles. The molecule has 0 radical (unpaired) electrons. The largest absolute Gasteiger partial charge is 0.466 e. The predicted molar refractivity (Wildman–Crippen MR) is 76.0 cm³/mol. The topological polar surface area (TPSA) is 105 Å². The Morgan fingerprint density at radius 1 is 0.783 bits per heavy atom. The summed E-state index contributed by atoms with van der Waals surface area (Å²) in [5.74, 6) is -2.29. The highest BCUT2D eigenvalue weighted by Gasteiger charge is 2.49. The van der Waals surface area contributed by atoms with Crippen molar-refractivity contribution in [2.45, 2.75) is 58.8 Å². The zero-order chi connectivity index (χ0) is 17.6. The molecule has 0 spiro atoms. The Hall–Kier alpha value is -2.12. The van der Waals surface area contributed by atoms with Crippen LogP contribution in [0, 0.1) is 5.92 Å². The van der Waals surface area contributed by atoms with E-state index in [4.69, 9.17) is 18.9 Å². The molecule has 1 fully saturated rings. The van der Waals surface area contributed by atoms with Crippen LogP contribution in [0.25, 0.3) is 0 Å². The van der Waals surface area contributed by atoms with E-state index in [1.54, 1.807) is 0 Å². The molecule has 0 aliphatic heterocycles. The summed E-state index contributed by atoms with van der Waals surface area (Å²) in [5, 5.41) is 0. The van der Waals surface area contributed by atoms with Gasteiger partial charge in [-0.2, -0.15) is 0 Å². The van der Waals surface area contributed by atoms with E-state index in [-0.39, 0.29) is 12.5 Å². The average Bonchev–Trinajstić information content (AvgIpc) is 2.66. The van der Waals surface area contributed by atoms with Gasteiger partial charge in [-0.05, 0) is 12.8 Å². The number of hydrogen-bond donors (Lipinski definition) is 0. The molecule has 0 aromatic heterocycles. The van der Waals surface area contributed by atoms with Crippen molar-refractivity contribution in [3.8, 4) is 0 Å². The van der Waals surface area contributed by atoms with Crippen LogP contribution >= 0.6 is 0 Å². The average molecular weight is 330 g/mol. The van der Waals surface area contributed by atoms with Gasteiger partial charge >= 0.3 is 23.9 Å². The van der Waals surface area contributed by atoms with Crippen LogP contribution in [-0.4, -0.2) is 48.8 Å². The number of hydrogen-bond acceptors (Lipinski definition) is 8. The number of esters is 4. The minimum absolute atomic E-state index is 0.136. The molecule has 8 heteroatoms. The minimum atomic E-state index is -0.873. The van der Waals surface area contributed by atoms with Gasteiger partial charge in [0.1, 0.15) is 12.2 Å². The molecule has 0 saturated heterocycles. The van der Waals surface area contributed by atoms with Gasteiger partial charge in [-0.1, -0.05) is 0 Å². The molecule has 130 valence electrons. The molecule has 8 nitrogen and oxygen atoms in total. The molecule has 0 bridgehead atoms. The highest BCUT2D eigenvalue weighted by atomic mass is 16.6. The fourth-order valence-corrected chi connectivity index (χ4v) is 2.70. The Bertz CT molecular complexity index is 472. The van der Waals surface area contributed by atoms with E-state index >= 15 is 0 Å². The highest BCUT2D eigenvalue weighted by molar-refractivity contribution is 5.68. The maximum absolute atomic E-state index is 11.3. The van der Waals surface area contributed by atoms with Crippen molar-refractivity contribution in [3.63, 3.8) is 0 Å². The van der Waals surface area contributed by atoms with Crippen molar-refractivity contribution >= 4 is 23.9 Å². The molecule has 0 amide bonds. The lowest BCUT2D eigenvalue weighted by Gasteiger charge is -2.25. The first-order valence-corrected chi connectivity index (χ1v) is 7.35. The van der Waals surface area contributed by atoms with Crippen LogP contribution in [0.5, 0.6) is 0 Å². The van der Waals surface area contributed by atoms with Crippen molar-refractivity contribution in [3.05, 3.63) is 0 Å². The molecule has 23 heavy (non-hydrogen) atoms. The van der Waals surface area contributed by atoms with E-state index in [2.05, 4.69) is 0 Å². The molecular formula is C15H22O8. The SMILES string of the molecule is CC(=O)OCC[C@H]1C[C@H](OC(C)=O)[C@@H](OC(C)=O)[C@@H]1OC(C)=O. The number of ether oxygens (including phenoxy) is 4. The highest BCUT2D eigenvalue weighted by Crippen LogP contribution is 2.36. The number of carbonyl (C=O) groups excluding carboxylic acids is 4. The fourth-order valence-electron chi connectivity index (χ4n) is 2.70. The van der Waals surface area contributed by atoms with Crippen molar-refractivity contribution in [2.75, 3.05) is 6.61 Å². The van der Waals surface area contributed by atoms with Crippen LogP contribution in [0.4, 0.5) is 0 Å². The summed E-state index contributed by atoms with van der Waals surface area (Å²) in [5.41, 5.74) is 0. The second-order valence-corrected chi connectivity index (χ2v) is 5.42. The lowest BCUT2D eigenvalue weighted by Crippen LogP contribution is -2.40. The molecule has 0 aromatic carbocycles. The monoisotopic (exact) mass is 330 g/mol. The summed E-state index contributed by atoms with van der Waals surface area (Å²) in [4.78, 5) is 44.7. The maximum atomic E-state index is 11.3. The Morgan fingerprint density at radius 3 is 1.78 bits per heavy atom. The van der Waals surface area contributed by atoms with E-state index in [9.17, 15) is 19.2 Å². The molecule has 1 aliphatic carbocycles. The van der Waals surface area contributed by atoms with Crippen LogP contribution < -0.4 is 0 Å². The Balaban J connectivity index is 2.88. The smallest absolute Gasteiger partial charge is 0.303 e. The van der Waals surface area contributed by atoms with Gasteiger partial charge in [0, 0.05) is 33.6 Å². The quantitative estimate of drug-likeness (QED) is 0.519. The predicted octanol–water partition coefficient (Wildman–Crippen LogP) is 0.755. The van der Waals surface area contributed by atoms with Gasteiger partial charge in [0.05, 0.1) is 6.61 Å². The Labute approximate surface area is 134 Å². The Morgan fingerprint density at radius 2 is 1.30 bits per heavy atom. The first-order valence-electron chi connectivity index (χ1n) is 7.35. The summed E-state index contributed by atoms with van der Waals surface area (Å²) in [7, 11) is 0. The first-order chi connectivity index (χ1) is 10.7. The summed E-state index contributed by atoms with van der Waals surface area (Å²) >= 11 is 0. The van der Waals surface area contributed by atoms with E-state index < -0.39 is 42.2 Å². The van der Waals surface area contributed by atoms with Gasteiger partial charge in [-0.15, -0.1) is 0 Å². The van der Waals surface area contributed by atoms with Crippen molar-refractivity contribution in [2.24, 2.45) is 5.92 Å². The third-order valence-electron chi connectivity index (χ3n) is 3.41. The molecule has 0 unspecified atom stereocenters. The van der Waals surface area contributed by atoms with E-state index in [1.807, 2.05) is 0 Å². The van der Waals surface area contributed by atoms with Crippen LogP contribution in [0.1, 0.15) is 40.5 Å². The molecule has 1 rings (SSSR count). The van der Waals surface area contributed by atoms with E-state index in [0.717, 1.165) is 0 Å². The van der Waals surface area contributed by atoms with Crippen molar-refractivity contribution in [1.82, 2.24) is 0 Å². The van der Waals surface area contributed by atoms with Crippen molar-refractivity contribution in [1.29, 1.82) is 0 Å². The normalized spacial score (nSPS) is 26.3. The summed E-state index contributed by atoms with van der Waals surface area (Å²) in [6.07, 6.45) is -1.59. The maximum Gasteiger partial charge on any atom is 0.303 e. The zero-order valence-electron chi connectivity index (χ0n) is 13.7. The molecule has 0 aromatic rings.